The van der Waals surface area contributed by atoms with Gasteiger partial charge in [-0.25, -0.2) is 4.79 Å². The number of benzene rings is 1. The van der Waals surface area contributed by atoms with Crippen molar-refractivity contribution < 1.29 is 23.9 Å². The fourth-order valence-electron chi connectivity index (χ4n) is 2.25. The number of Topliss-reactive ketones (excluding diaryl/α,β-unsaturated/α-hetero) is 1. The summed E-state index contributed by atoms with van der Waals surface area (Å²) >= 11 is 1.36. The molecule has 142 valence electrons. The molecule has 1 atom stereocenters. The van der Waals surface area contributed by atoms with Gasteiger partial charge in [-0.15, -0.1) is 11.3 Å². The van der Waals surface area contributed by atoms with Crippen molar-refractivity contribution in [3.63, 3.8) is 0 Å². The maximum atomic E-state index is 12.3. The number of rotatable bonds is 7. The number of esters is 1. The molecule has 2 N–H and O–H groups in total. The zero-order valence-corrected chi connectivity index (χ0v) is 15.8. The fraction of sp³-hybridized carbons (Fsp3) is 0.263. The summed E-state index contributed by atoms with van der Waals surface area (Å²) in [5.74, 6) is -1.62. The first-order valence-electron chi connectivity index (χ1n) is 8.27. The summed E-state index contributed by atoms with van der Waals surface area (Å²) in [6.07, 6.45) is -1.46. The van der Waals surface area contributed by atoms with Gasteiger partial charge in [0.1, 0.15) is 0 Å². The van der Waals surface area contributed by atoms with Crippen molar-refractivity contribution in [1.29, 1.82) is 0 Å². The van der Waals surface area contributed by atoms with Crippen LogP contribution in [0.15, 0.2) is 42.5 Å². The Labute approximate surface area is 160 Å². The lowest BCUT2D eigenvalue weighted by Gasteiger charge is -2.17. The fourth-order valence-corrected chi connectivity index (χ4v) is 3.09. The molecule has 0 aliphatic heterocycles. The van der Waals surface area contributed by atoms with Gasteiger partial charge in [-0.2, -0.15) is 0 Å². The summed E-state index contributed by atoms with van der Waals surface area (Å²) in [7, 11) is 1.37. The van der Waals surface area contributed by atoms with E-state index >= 15 is 0 Å². The lowest BCUT2D eigenvalue weighted by molar-refractivity contribution is -0.156. The van der Waals surface area contributed by atoms with Crippen molar-refractivity contribution in [2.45, 2.75) is 25.9 Å². The van der Waals surface area contributed by atoms with Gasteiger partial charge in [0, 0.05) is 23.9 Å². The quantitative estimate of drug-likeness (QED) is 0.561. The largest absolute Gasteiger partial charge is 0.447 e. The summed E-state index contributed by atoms with van der Waals surface area (Å²) in [6, 6.07) is 11.2. The van der Waals surface area contributed by atoms with Gasteiger partial charge < -0.3 is 10.1 Å². The third-order valence-electron chi connectivity index (χ3n) is 3.62. The second kappa shape index (κ2) is 9.63. The van der Waals surface area contributed by atoms with Crippen molar-refractivity contribution in [3.05, 3.63) is 57.8 Å². The van der Waals surface area contributed by atoms with Gasteiger partial charge in [0.25, 0.3) is 5.91 Å². The van der Waals surface area contributed by atoms with E-state index in [2.05, 4.69) is 10.6 Å². The van der Waals surface area contributed by atoms with Crippen molar-refractivity contribution in [2.24, 2.45) is 0 Å². The number of carbonyl (C=O) groups is 4. The lowest BCUT2D eigenvalue weighted by atomic mass is 10.1. The van der Waals surface area contributed by atoms with Crippen molar-refractivity contribution in [3.8, 4) is 0 Å². The molecule has 2 rings (SSSR count). The third kappa shape index (κ3) is 6.03. The van der Waals surface area contributed by atoms with Crippen LogP contribution < -0.4 is 10.6 Å². The van der Waals surface area contributed by atoms with E-state index in [1.54, 1.807) is 36.4 Å². The molecule has 3 amide bonds. The molecule has 7 nitrogen and oxygen atoms in total. The van der Waals surface area contributed by atoms with Crippen LogP contribution in [0.4, 0.5) is 4.79 Å². The molecule has 0 spiro atoms. The minimum absolute atomic E-state index is 0.0165. The van der Waals surface area contributed by atoms with Gasteiger partial charge in [0.2, 0.25) is 6.10 Å². The van der Waals surface area contributed by atoms with Gasteiger partial charge in [-0.3, -0.25) is 19.7 Å². The molecular weight excluding hydrogens is 368 g/mol. The number of amides is 3. The number of hydrogen-bond donors (Lipinski definition) is 2. The average molecular weight is 388 g/mol. The first-order chi connectivity index (χ1) is 12.9. The number of ether oxygens (including phenoxy) is 1. The van der Waals surface area contributed by atoms with E-state index in [0.29, 0.717) is 10.4 Å². The molecule has 1 unspecified atom stereocenters. The first kappa shape index (κ1) is 20.3. The zero-order valence-electron chi connectivity index (χ0n) is 15.0. The minimum Gasteiger partial charge on any atom is -0.447 e. The standard InChI is InChI=1S/C19H20N2O5S/c1-12-8-10-15(27-12)14(22)9-11-16(23)26-17(13-6-4-3-5-7-13)18(24)21-19(25)20-2/h3-8,10,17H,9,11H2,1-2H3,(H2,20,21,24,25). The van der Waals surface area contributed by atoms with E-state index in [-0.39, 0.29) is 18.6 Å². The monoisotopic (exact) mass is 388 g/mol. The number of hydrogen-bond acceptors (Lipinski definition) is 6. The Hall–Kier alpha value is -3.00. The highest BCUT2D eigenvalue weighted by atomic mass is 32.1. The Morgan fingerprint density at radius 1 is 1.04 bits per heavy atom. The molecular formula is C19H20N2O5S. The summed E-state index contributed by atoms with van der Waals surface area (Å²) in [4.78, 5) is 49.6. The van der Waals surface area contributed by atoms with E-state index in [1.807, 2.05) is 13.0 Å². The Morgan fingerprint density at radius 3 is 2.33 bits per heavy atom. The Kier molecular flexibility index (Phi) is 7.25. The summed E-state index contributed by atoms with van der Waals surface area (Å²) in [5.41, 5.74) is 0.424. The van der Waals surface area contributed by atoms with Crippen LogP contribution in [0.25, 0.3) is 0 Å². The van der Waals surface area contributed by atoms with Gasteiger partial charge in [0.15, 0.2) is 5.78 Å². The number of aryl methyl sites for hydroxylation is 1. The summed E-state index contributed by atoms with van der Waals surface area (Å²) in [5, 5.41) is 4.36. The number of thiophene rings is 1. The van der Waals surface area contributed by atoms with Crippen LogP contribution in [0, 0.1) is 6.92 Å². The normalized spacial score (nSPS) is 11.3. The van der Waals surface area contributed by atoms with Crippen LogP contribution in [0.3, 0.4) is 0 Å². The SMILES string of the molecule is CNC(=O)NC(=O)C(OC(=O)CCC(=O)c1ccc(C)s1)c1ccccc1. The molecule has 0 aliphatic carbocycles. The number of urea groups is 1. The molecule has 0 aliphatic rings. The molecule has 1 aromatic heterocycles. The molecule has 1 aromatic carbocycles. The predicted octanol–water partition coefficient (Wildman–Crippen LogP) is 2.76. The molecule has 0 radical (unpaired) electrons. The van der Waals surface area contributed by atoms with E-state index in [0.717, 1.165) is 4.88 Å². The lowest BCUT2D eigenvalue weighted by Crippen LogP contribution is -2.41. The maximum absolute atomic E-state index is 12.3. The highest BCUT2D eigenvalue weighted by Gasteiger charge is 2.26. The predicted molar refractivity (Wildman–Crippen MR) is 100 cm³/mol. The minimum atomic E-state index is -1.28. The Bertz CT molecular complexity index is 832. The number of ketones is 1. The van der Waals surface area contributed by atoms with E-state index in [1.165, 1.54) is 18.4 Å². The molecule has 2 aromatic rings. The average Bonchev–Trinajstić information content (AvgIpc) is 3.11. The van der Waals surface area contributed by atoms with Crippen molar-refractivity contribution in [2.75, 3.05) is 7.05 Å². The van der Waals surface area contributed by atoms with Crippen LogP contribution >= 0.6 is 11.3 Å². The van der Waals surface area contributed by atoms with E-state index in [9.17, 15) is 19.2 Å². The van der Waals surface area contributed by atoms with E-state index < -0.39 is 24.0 Å². The van der Waals surface area contributed by atoms with Crippen molar-refractivity contribution in [1.82, 2.24) is 10.6 Å². The zero-order chi connectivity index (χ0) is 19.8. The van der Waals surface area contributed by atoms with Gasteiger partial charge in [-0.05, 0) is 19.1 Å². The molecule has 0 bridgehead atoms. The maximum Gasteiger partial charge on any atom is 0.321 e. The van der Waals surface area contributed by atoms with Crippen LogP contribution in [0.2, 0.25) is 0 Å². The van der Waals surface area contributed by atoms with Crippen LogP contribution in [-0.2, 0) is 14.3 Å². The molecule has 1 heterocycles. The number of imide groups is 1. The highest BCUT2D eigenvalue weighted by Crippen LogP contribution is 2.20. The molecule has 0 saturated carbocycles. The molecule has 0 fully saturated rings. The smallest absolute Gasteiger partial charge is 0.321 e. The topological polar surface area (TPSA) is 102 Å². The molecule has 0 saturated heterocycles. The van der Waals surface area contributed by atoms with Crippen LogP contribution in [-0.4, -0.2) is 30.7 Å². The van der Waals surface area contributed by atoms with Gasteiger partial charge in [-0.1, -0.05) is 30.3 Å². The van der Waals surface area contributed by atoms with Crippen LogP contribution in [0.1, 0.15) is 39.1 Å². The summed E-state index contributed by atoms with van der Waals surface area (Å²) in [6.45, 7) is 1.89. The molecule has 8 heteroatoms. The van der Waals surface area contributed by atoms with E-state index in [4.69, 9.17) is 4.74 Å². The Morgan fingerprint density at radius 2 is 1.74 bits per heavy atom. The van der Waals surface area contributed by atoms with Gasteiger partial charge >= 0.3 is 12.0 Å². The third-order valence-corrected chi connectivity index (χ3v) is 4.67. The second-order valence-electron chi connectivity index (χ2n) is 5.68. The first-order valence-corrected chi connectivity index (χ1v) is 9.09. The van der Waals surface area contributed by atoms with Gasteiger partial charge in [0.05, 0.1) is 11.3 Å². The number of carbonyl (C=O) groups excluding carboxylic acids is 4. The highest BCUT2D eigenvalue weighted by molar-refractivity contribution is 7.14. The summed E-state index contributed by atoms with van der Waals surface area (Å²) < 4.78 is 5.26. The molecule has 27 heavy (non-hydrogen) atoms. The van der Waals surface area contributed by atoms with Crippen LogP contribution in [0.5, 0.6) is 0 Å². The second-order valence-corrected chi connectivity index (χ2v) is 6.97. The van der Waals surface area contributed by atoms with Crippen molar-refractivity contribution >= 4 is 35.0 Å². The Balaban J connectivity index is 2.01. The number of nitrogens with one attached hydrogen (secondary N) is 2.